The molecule has 6 heterocycles. The molecule has 0 amide bonds. The van der Waals surface area contributed by atoms with Crippen LogP contribution in [0.4, 0.5) is 0 Å². The van der Waals surface area contributed by atoms with Gasteiger partial charge in [0.1, 0.15) is 54.5 Å². The average molecular weight is 883 g/mol. The van der Waals surface area contributed by atoms with Crippen molar-refractivity contribution in [1.29, 1.82) is 0 Å². The van der Waals surface area contributed by atoms with Crippen LogP contribution in [0.5, 0.6) is 28.7 Å². The van der Waals surface area contributed by atoms with Gasteiger partial charge in [0.05, 0.1) is 42.6 Å². The third kappa shape index (κ3) is 7.88. The number of carboxylic acid groups (broad SMARTS) is 1. The number of aliphatic carboxylic acids is 1. The van der Waals surface area contributed by atoms with E-state index in [0.717, 1.165) is 16.7 Å². The summed E-state index contributed by atoms with van der Waals surface area (Å²) in [4.78, 5) is 30.1. The fourth-order valence-electron chi connectivity index (χ4n) is 9.18. The second-order valence-corrected chi connectivity index (χ2v) is 16.0. The van der Waals surface area contributed by atoms with Crippen LogP contribution < -0.4 is 35.2 Å². The first-order valence-corrected chi connectivity index (χ1v) is 20.6. The summed E-state index contributed by atoms with van der Waals surface area (Å²) in [5, 5.41) is 62.9. The van der Waals surface area contributed by atoms with Crippen molar-refractivity contribution in [2.75, 3.05) is 26.6 Å². The molecular formula is C45H46N4O15. The molecule has 0 aromatic heterocycles. The minimum atomic E-state index is -1.94. The molecule has 0 saturated carbocycles. The number of hydrogen-bond donors (Lipinski definition) is 8. The number of carbonyl (C=O) groups excluding carboxylic acids is 1. The minimum Gasteiger partial charge on any atom is -0.487 e. The Balaban J connectivity index is 1.16. The zero-order chi connectivity index (χ0) is 44.8. The molecule has 10 unspecified atom stereocenters. The third-order valence-electron chi connectivity index (χ3n) is 12.0. The molecule has 0 aliphatic carbocycles. The third-order valence-corrected chi connectivity index (χ3v) is 12.0. The molecule has 10 atom stereocenters. The van der Waals surface area contributed by atoms with Crippen LogP contribution in [0.25, 0.3) is 0 Å². The van der Waals surface area contributed by atoms with Crippen molar-refractivity contribution in [3.05, 3.63) is 99.9 Å². The van der Waals surface area contributed by atoms with Gasteiger partial charge in [-0.05, 0) is 29.3 Å². The fourth-order valence-corrected chi connectivity index (χ4v) is 9.18. The van der Waals surface area contributed by atoms with Gasteiger partial charge in [-0.15, -0.1) is 0 Å². The van der Waals surface area contributed by atoms with E-state index in [0.29, 0.717) is 52.7 Å². The average Bonchev–Trinajstić information content (AvgIpc) is 3.98. The molecule has 336 valence electrons. The van der Waals surface area contributed by atoms with Crippen molar-refractivity contribution < 1.29 is 73.4 Å². The predicted molar refractivity (Wildman–Crippen MR) is 221 cm³/mol. The van der Waals surface area contributed by atoms with Crippen LogP contribution in [-0.4, -0.2) is 129 Å². The Labute approximate surface area is 365 Å². The van der Waals surface area contributed by atoms with Gasteiger partial charge >= 0.3 is 11.9 Å². The Morgan fingerprint density at radius 1 is 1.00 bits per heavy atom. The minimum absolute atomic E-state index is 0.0604. The molecule has 19 heteroatoms. The summed E-state index contributed by atoms with van der Waals surface area (Å²) in [5.41, 5.74) is 16.8. The highest BCUT2D eigenvalue weighted by atomic mass is 16.7. The molecule has 3 aromatic rings. The van der Waals surface area contributed by atoms with Gasteiger partial charge in [-0.1, -0.05) is 48.2 Å². The highest BCUT2D eigenvalue weighted by Gasteiger charge is 2.53. The second kappa shape index (κ2) is 17.8. The van der Waals surface area contributed by atoms with E-state index in [9.17, 15) is 35.1 Å². The molecule has 6 aliphatic heterocycles. The van der Waals surface area contributed by atoms with Gasteiger partial charge < -0.3 is 80.2 Å². The number of benzene rings is 3. The molecule has 4 bridgehead atoms. The van der Waals surface area contributed by atoms with Crippen molar-refractivity contribution in [2.45, 2.75) is 86.4 Å². The molecule has 10 N–H and O–H groups in total. The molecule has 9 rings (SSSR count). The summed E-state index contributed by atoms with van der Waals surface area (Å²) < 4.78 is 43.5. The fraction of sp³-hybridized carbons (Fsp3) is 0.400. The zero-order valence-electron chi connectivity index (χ0n) is 34.1. The largest absolute Gasteiger partial charge is 0.487 e. The SMILES string of the molecule is NC(N)C(OC(=O)CC(=O)O)C1OC(Oc2cc(CN3CC4=CC=NC4=C3CO)c3c(c2)OC2C(c4ccccc4)C#CCCOc4c(OCO)ccc5c4OC3C52)C(O)C(O)C1O. The van der Waals surface area contributed by atoms with Gasteiger partial charge in [-0.3, -0.25) is 14.6 Å². The highest BCUT2D eigenvalue weighted by molar-refractivity contribution is 5.90. The summed E-state index contributed by atoms with van der Waals surface area (Å²) in [6, 6.07) is 16.5. The molecule has 0 radical (unpaired) electrons. The summed E-state index contributed by atoms with van der Waals surface area (Å²) in [5.74, 6) is 4.33. The van der Waals surface area contributed by atoms with E-state index < -0.39 is 92.2 Å². The maximum atomic E-state index is 12.4. The number of carboxylic acids is 1. The monoisotopic (exact) mass is 882 g/mol. The lowest BCUT2D eigenvalue weighted by Gasteiger charge is -2.43. The van der Waals surface area contributed by atoms with Crippen molar-refractivity contribution >= 4 is 18.2 Å². The molecule has 19 nitrogen and oxygen atoms in total. The Morgan fingerprint density at radius 2 is 1.81 bits per heavy atom. The number of carbonyl (C=O) groups is 2. The van der Waals surface area contributed by atoms with Crippen LogP contribution in [0.1, 0.15) is 53.0 Å². The van der Waals surface area contributed by atoms with Crippen LogP contribution >= 0.6 is 0 Å². The summed E-state index contributed by atoms with van der Waals surface area (Å²) in [7, 11) is 0. The lowest BCUT2D eigenvalue weighted by molar-refractivity contribution is -0.291. The lowest BCUT2D eigenvalue weighted by Crippen LogP contribution is -2.66. The van der Waals surface area contributed by atoms with Gasteiger partial charge in [0, 0.05) is 48.5 Å². The van der Waals surface area contributed by atoms with E-state index in [1.165, 1.54) is 0 Å². The van der Waals surface area contributed by atoms with Crippen molar-refractivity contribution in [2.24, 2.45) is 16.5 Å². The van der Waals surface area contributed by atoms with Crippen molar-refractivity contribution in [3.63, 3.8) is 0 Å². The first-order chi connectivity index (χ1) is 30.9. The van der Waals surface area contributed by atoms with Gasteiger partial charge in [0.2, 0.25) is 12.0 Å². The normalized spacial score (nSPS) is 27.7. The number of allylic oxidation sites excluding steroid dienone is 1. The van der Waals surface area contributed by atoms with Crippen molar-refractivity contribution in [3.8, 4) is 40.6 Å². The number of fused-ring (bicyclic) bond motifs is 3. The zero-order valence-corrected chi connectivity index (χ0v) is 34.1. The van der Waals surface area contributed by atoms with Gasteiger partial charge in [0.25, 0.3) is 0 Å². The summed E-state index contributed by atoms with van der Waals surface area (Å²) in [6.07, 6.45) is -11.0. The van der Waals surface area contributed by atoms with E-state index in [2.05, 4.69) is 16.8 Å². The maximum absolute atomic E-state index is 12.4. The van der Waals surface area contributed by atoms with Crippen LogP contribution in [-0.2, 0) is 25.6 Å². The van der Waals surface area contributed by atoms with Gasteiger partial charge in [0.15, 0.2) is 24.4 Å². The summed E-state index contributed by atoms with van der Waals surface area (Å²) in [6.45, 7) is -0.146. The molecule has 1 fully saturated rings. The number of ether oxygens (including phenoxy) is 7. The van der Waals surface area contributed by atoms with Gasteiger partial charge in [-0.2, -0.15) is 0 Å². The van der Waals surface area contributed by atoms with E-state index in [1.807, 2.05) is 47.4 Å². The first kappa shape index (κ1) is 43.1. The number of rotatable bonds is 13. The topological polar surface area (TPSA) is 288 Å². The Morgan fingerprint density at radius 3 is 2.56 bits per heavy atom. The molecule has 64 heavy (non-hydrogen) atoms. The Bertz CT molecular complexity index is 2470. The standard InChI is InChI=1S/C45H46N4O15/c46-44(47)43(62-31(54)16-30(52)53)42-36(56)35(55)37(57)45(64-42)60-24-14-23(18-49-17-22-11-12-48-34(22)27(49)19-50)32-29(15-24)61-38-25(21-6-2-1-3-7-21)8-4-5-13-58-40-28(59-20-51)10-9-26-33(38)41(32)63-39(26)40/h1-3,6-7,9-12,14-15,25,33,35-38,41-45,50-51,55-57H,5,13,16-20,46-47H2,(H,52,53). The molecule has 0 spiro atoms. The number of aliphatic hydroxyl groups is 5. The molecule has 6 aliphatic rings. The molecular weight excluding hydrogens is 837 g/mol. The first-order valence-electron chi connectivity index (χ1n) is 20.6. The predicted octanol–water partition coefficient (Wildman–Crippen LogP) is 0.410. The number of aliphatic hydroxyl groups excluding tert-OH is 5. The number of nitrogens with zero attached hydrogens (tertiary/aromatic N) is 2. The van der Waals surface area contributed by atoms with E-state index in [1.54, 1.807) is 24.4 Å². The Hall–Kier alpha value is -6.21. The van der Waals surface area contributed by atoms with Gasteiger partial charge in [-0.25, -0.2) is 0 Å². The molecule has 3 aromatic carbocycles. The second-order valence-electron chi connectivity index (χ2n) is 16.0. The Kier molecular flexibility index (Phi) is 11.9. The number of hydrogen-bond acceptors (Lipinski definition) is 18. The maximum Gasteiger partial charge on any atom is 0.317 e. The quantitative estimate of drug-likeness (QED) is 0.0499. The lowest BCUT2D eigenvalue weighted by atomic mass is 9.76. The van der Waals surface area contributed by atoms with E-state index in [4.69, 9.17) is 49.7 Å². The molecule has 1 saturated heterocycles. The van der Waals surface area contributed by atoms with E-state index >= 15 is 0 Å². The van der Waals surface area contributed by atoms with E-state index in [-0.39, 0.29) is 31.3 Å². The number of esters is 1. The van der Waals surface area contributed by atoms with Crippen LogP contribution in [0.2, 0.25) is 0 Å². The summed E-state index contributed by atoms with van der Waals surface area (Å²) >= 11 is 0. The highest BCUT2D eigenvalue weighted by Crippen LogP contribution is 2.61. The van der Waals surface area contributed by atoms with Crippen molar-refractivity contribution in [1.82, 2.24) is 4.90 Å². The number of nitrogens with two attached hydrogens (primary N) is 2. The van der Waals surface area contributed by atoms with Crippen LogP contribution in [0.3, 0.4) is 0 Å². The van der Waals surface area contributed by atoms with Crippen LogP contribution in [0, 0.1) is 11.8 Å². The van der Waals surface area contributed by atoms with Crippen LogP contribution in [0.15, 0.2) is 82.6 Å². The smallest absolute Gasteiger partial charge is 0.317 e. The number of aliphatic imine (C=N–C) groups is 1.